The molecule has 1 heterocycles. The zero-order valence-electron chi connectivity index (χ0n) is 19.6. The first-order valence-corrected chi connectivity index (χ1v) is 11.4. The predicted octanol–water partition coefficient (Wildman–Crippen LogP) is 5.03. The zero-order chi connectivity index (χ0) is 24.8. The van der Waals surface area contributed by atoms with Gasteiger partial charge in [-0.1, -0.05) is 74.5 Å². The number of rotatable bonds is 6. The van der Waals surface area contributed by atoms with Gasteiger partial charge in [-0.3, -0.25) is 19.8 Å². The molecule has 2 N–H and O–H groups in total. The molecule has 0 fully saturated rings. The second-order valence-electron chi connectivity index (χ2n) is 8.55. The van der Waals surface area contributed by atoms with Crippen LogP contribution in [-0.4, -0.2) is 29.0 Å². The molecule has 0 bridgehead atoms. The van der Waals surface area contributed by atoms with Crippen LogP contribution in [0.25, 0.3) is 5.57 Å². The van der Waals surface area contributed by atoms with E-state index in [1.165, 1.54) is 0 Å². The fourth-order valence-electron chi connectivity index (χ4n) is 3.78. The van der Waals surface area contributed by atoms with Gasteiger partial charge < -0.3 is 10.1 Å². The van der Waals surface area contributed by atoms with Crippen LogP contribution in [0.2, 0.25) is 0 Å². The molecule has 1 atom stereocenters. The highest BCUT2D eigenvalue weighted by molar-refractivity contribution is 6.21. The lowest BCUT2D eigenvalue weighted by molar-refractivity contribution is -0.118. The molecule has 3 aromatic carbocycles. The number of nitrogens with one attached hydrogen (secondary N) is 2. The van der Waals surface area contributed by atoms with Gasteiger partial charge in [0.1, 0.15) is 12.8 Å². The Morgan fingerprint density at radius 2 is 1.57 bits per heavy atom. The third-order valence-electron chi connectivity index (χ3n) is 5.63. The quantitative estimate of drug-likeness (QED) is 0.530. The van der Waals surface area contributed by atoms with Crippen LogP contribution in [0.4, 0.5) is 10.5 Å². The molecule has 178 valence electrons. The minimum absolute atomic E-state index is 0.0119. The molecule has 1 aliphatic heterocycles. The van der Waals surface area contributed by atoms with Crippen LogP contribution in [0, 0.1) is 5.92 Å². The summed E-state index contributed by atoms with van der Waals surface area (Å²) in [5.74, 6) is -0.442. The summed E-state index contributed by atoms with van der Waals surface area (Å²) in [6, 6.07) is 25.2. The summed E-state index contributed by atoms with van der Waals surface area (Å²) < 4.78 is 5.24. The highest BCUT2D eigenvalue weighted by Crippen LogP contribution is 2.26. The molecular weight excluding hydrogens is 442 g/mol. The maximum Gasteiger partial charge on any atom is 0.411 e. The number of amides is 3. The Bertz CT molecular complexity index is 1220. The summed E-state index contributed by atoms with van der Waals surface area (Å²) in [5.41, 5.74) is 2.95. The number of carbonyl (C=O) groups excluding carboxylic acids is 3. The largest absolute Gasteiger partial charge is 0.444 e. The molecule has 0 aromatic heterocycles. The summed E-state index contributed by atoms with van der Waals surface area (Å²) in [7, 11) is 0. The molecule has 3 amide bonds. The van der Waals surface area contributed by atoms with Crippen molar-refractivity contribution in [2.24, 2.45) is 5.92 Å². The van der Waals surface area contributed by atoms with Crippen LogP contribution in [0.5, 0.6) is 0 Å². The first-order chi connectivity index (χ1) is 16.9. The van der Waals surface area contributed by atoms with E-state index in [0.717, 1.165) is 5.56 Å². The van der Waals surface area contributed by atoms with Gasteiger partial charge in [-0.25, -0.2) is 4.79 Å². The van der Waals surface area contributed by atoms with Crippen molar-refractivity contribution in [3.63, 3.8) is 0 Å². The second kappa shape index (κ2) is 10.7. The van der Waals surface area contributed by atoms with E-state index < -0.39 is 12.3 Å². The maximum absolute atomic E-state index is 13.2. The Balaban J connectivity index is 1.49. The first kappa shape index (κ1) is 23.8. The van der Waals surface area contributed by atoms with Crippen LogP contribution in [-0.2, 0) is 16.1 Å². The summed E-state index contributed by atoms with van der Waals surface area (Å²) in [6.45, 7) is 4.07. The molecule has 7 heteroatoms. The molecule has 0 radical (unpaired) electrons. The molecule has 0 spiro atoms. The molecule has 0 saturated carbocycles. The van der Waals surface area contributed by atoms with E-state index in [1.54, 1.807) is 59.6 Å². The molecule has 0 saturated heterocycles. The van der Waals surface area contributed by atoms with E-state index >= 15 is 0 Å². The molecule has 1 aliphatic rings. The van der Waals surface area contributed by atoms with Crippen LogP contribution in [0.3, 0.4) is 0 Å². The molecule has 35 heavy (non-hydrogen) atoms. The normalized spacial score (nSPS) is 15.3. The first-order valence-electron chi connectivity index (χ1n) is 11.4. The minimum atomic E-state index is -0.573. The van der Waals surface area contributed by atoms with Crippen molar-refractivity contribution in [1.82, 2.24) is 10.2 Å². The smallest absolute Gasteiger partial charge is 0.411 e. The van der Waals surface area contributed by atoms with E-state index in [0.29, 0.717) is 22.4 Å². The van der Waals surface area contributed by atoms with Gasteiger partial charge in [-0.2, -0.15) is 0 Å². The third-order valence-corrected chi connectivity index (χ3v) is 5.63. The Morgan fingerprint density at radius 1 is 0.943 bits per heavy atom. The minimum Gasteiger partial charge on any atom is -0.444 e. The van der Waals surface area contributed by atoms with Crippen molar-refractivity contribution in [2.75, 3.05) is 5.32 Å². The van der Waals surface area contributed by atoms with E-state index in [2.05, 4.69) is 10.6 Å². The lowest BCUT2D eigenvalue weighted by Crippen LogP contribution is -2.54. The Morgan fingerprint density at radius 3 is 2.20 bits per heavy atom. The van der Waals surface area contributed by atoms with E-state index in [4.69, 9.17) is 4.74 Å². The van der Waals surface area contributed by atoms with Crippen molar-refractivity contribution < 1.29 is 19.1 Å². The van der Waals surface area contributed by atoms with Gasteiger partial charge >= 0.3 is 6.09 Å². The van der Waals surface area contributed by atoms with Gasteiger partial charge in [0.05, 0.1) is 5.57 Å². The molecule has 0 unspecified atom stereocenters. The number of hydrogen-bond donors (Lipinski definition) is 2. The molecule has 3 aromatic rings. The highest BCUT2D eigenvalue weighted by Gasteiger charge is 2.33. The molecule has 7 nitrogen and oxygen atoms in total. The maximum atomic E-state index is 13.2. The SMILES string of the molecule is CC(C)[C@H]1NC(=O)C(c2ccc(NC(=O)OCc3ccccc3)cc2)=CN1C(=O)c1ccccc1. The standard InChI is InChI=1S/C28H27N3O4/c1-19(2)25-30-26(32)24(17-31(25)27(33)22-11-7-4-8-12-22)21-13-15-23(16-14-21)29-28(34)35-18-20-9-5-3-6-10-20/h3-17,19,25H,18H2,1-2H3,(H,29,34)(H,30,32)/t25-/m0/s1. The van der Waals surface area contributed by atoms with Crippen molar-refractivity contribution in [2.45, 2.75) is 26.6 Å². The van der Waals surface area contributed by atoms with Crippen LogP contribution in [0.15, 0.2) is 91.1 Å². The Labute approximate surface area is 204 Å². The van der Waals surface area contributed by atoms with Crippen molar-refractivity contribution in [3.8, 4) is 0 Å². The fourth-order valence-corrected chi connectivity index (χ4v) is 3.78. The lowest BCUT2D eigenvalue weighted by Gasteiger charge is -2.36. The van der Waals surface area contributed by atoms with Gasteiger partial charge in [0, 0.05) is 17.5 Å². The van der Waals surface area contributed by atoms with Crippen molar-refractivity contribution in [3.05, 3.63) is 108 Å². The molecule has 4 rings (SSSR count). The Hall–Kier alpha value is -4.39. The third kappa shape index (κ3) is 5.76. The molecule has 0 aliphatic carbocycles. The van der Waals surface area contributed by atoms with E-state index in [-0.39, 0.29) is 24.3 Å². The van der Waals surface area contributed by atoms with Gasteiger partial charge in [-0.05, 0) is 41.3 Å². The topological polar surface area (TPSA) is 87.7 Å². The average Bonchev–Trinajstić information content (AvgIpc) is 2.88. The van der Waals surface area contributed by atoms with Gasteiger partial charge in [-0.15, -0.1) is 0 Å². The van der Waals surface area contributed by atoms with Crippen LogP contribution < -0.4 is 10.6 Å². The van der Waals surface area contributed by atoms with Crippen molar-refractivity contribution >= 4 is 29.2 Å². The van der Waals surface area contributed by atoms with Gasteiger partial charge in [0.2, 0.25) is 0 Å². The van der Waals surface area contributed by atoms with Crippen molar-refractivity contribution in [1.29, 1.82) is 0 Å². The van der Waals surface area contributed by atoms with Crippen LogP contribution in [0.1, 0.15) is 35.3 Å². The predicted molar refractivity (Wildman–Crippen MR) is 134 cm³/mol. The number of nitrogens with zero attached hydrogens (tertiary/aromatic N) is 1. The van der Waals surface area contributed by atoms with E-state index in [1.807, 2.05) is 50.2 Å². The Kier molecular flexibility index (Phi) is 7.26. The summed E-state index contributed by atoms with van der Waals surface area (Å²) in [6.07, 6.45) is 0.574. The summed E-state index contributed by atoms with van der Waals surface area (Å²) >= 11 is 0. The number of anilines is 1. The fraction of sp³-hybridized carbons (Fsp3) is 0.179. The molecular formula is C28H27N3O4. The lowest BCUT2D eigenvalue weighted by atomic mass is 10.00. The van der Waals surface area contributed by atoms with Gasteiger partial charge in [0.25, 0.3) is 11.8 Å². The number of benzene rings is 3. The summed E-state index contributed by atoms with van der Waals surface area (Å²) in [4.78, 5) is 39.8. The van der Waals surface area contributed by atoms with E-state index in [9.17, 15) is 14.4 Å². The zero-order valence-corrected chi connectivity index (χ0v) is 19.6. The number of carbonyl (C=O) groups is 3. The average molecular weight is 470 g/mol. The number of ether oxygens (including phenoxy) is 1. The van der Waals surface area contributed by atoms with Crippen LogP contribution >= 0.6 is 0 Å². The highest BCUT2D eigenvalue weighted by atomic mass is 16.5. The number of hydrogen-bond acceptors (Lipinski definition) is 4. The second-order valence-corrected chi connectivity index (χ2v) is 8.55. The van der Waals surface area contributed by atoms with Gasteiger partial charge in [0.15, 0.2) is 0 Å². The monoisotopic (exact) mass is 469 g/mol. The summed E-state index contributed by atoms with van der Waals surface area (Å²) in [5, 5.41) is 5.63.